The molecular weight excluding hydrogens is 219 g/mol. The van der Waals surface area contributed by atoms with Gasteiger partial charge in [-0.05, 0) is 24.6 Å². The molecule has 1 aromatic carbocycles. The standard InChI is InChI=1S/C14H17FO2/c1-12-6-7-14(17-10-4-8-15)13(11-12)5-2-3-9-16/h6-7,11,16H,3-4,8-10H2,1H3. The first-order valence-electron chi connectivity index (χ1n) is 5.67. The number of benzene rings is 1. The van der Waals surface area contributed by atoms with Crippen molar-refractivity contribution < 1.29 is 14.2 Å². The molecule has 0 amide bonds. The van der Waals surface area contributed by atoms with Gasteiger partial charge in [0.2, 0.25) is 0 Å². The van der Waals surface area contributed by atoms with Crippen molar-refractivity contribution >= 4 is 0 Å². The van der Waals surface area contributed by atoms with Crippen LogP contribution in [0.25, 0.3) is 0 Å². The number of aliphatic hydroxyl groups is 1. The first kappa shape index (κ1) is 13.5. The predicted molar refractivity (Wildman–Crippen MR) is 65.8 cm³/mol. The number of aryl methyl sites for hydroxylation is 1. The van der Waals surface area contributed by atoms with Gasteiger partial charge in [-0.1, -0.05) is 17.9 Å². The van der Waals surface area contributed by atoms with Gasteiger partial charge in [0.25, 0.3) is 0 Å². The predicted octanol–water partition coefficient (Wildman–Crippen LogP) is 2.47. The van der Waals surface area contributed by atoms with Gasteiger partial charge in [-0.15, -0.1) is 0 Å². The maximum atomic E-state index is 12.0. The first-order chi connectivity index (χ1) is 8.27. The monoisotopic (exact) mass is 236 g/mol. The molecular formula is C14H17FO2. The lowest BCUT2D eigenvalue weighted by Crippen LogP contribution is -2.00. The van der Waals surface area contributed by atoms with Crippen molar-refractivity contribution in [1.82, 2.24) is 0 Å². The first-order valence-corrected chi connectivity index (χ1v) is 5.67. The van der Waals surface area contributed by atoms with E-state index in [-0.39, 0.29) is 13.3 Å². The van der Waals surface area contributed by atoms with E-state index in [1.54, 1.807) is 0 Å². The number of halogens is 1. The Morgan fingerprint density at radius 1 is 1.41 bits per heavy atom. The largest absolute Gasteiger partial charge is 0.492 e. The Morgan fingerprint density at radius 2 is 2.24 bits per heavy atom. The van der Waals surface area contributed by atoms with Crippen LogP contribution in [0.1, 0.15) is 24.0 Å². The van der Waals surface area contributed by atoms with Crippen LogP contribution in [0, 0.1) is 18.8 Å². The molecule has 17 heavy (non-hydrogen) atoms. The van der Waals surface area contributed by atoms with Crippen LogP contribution in [-0.4, -0.2) is 25.0 Å². The number of ether oxygens (including phenoxy) is 1. The van der Waals surface area contributed by atoms with E-state index in [1.807, 2.05) is 25.1 Å². The zero-order valence-corrected chi connectivity index (χ0v) is 10.0. The molecule has 0 heterocycles. The summed E-state index contributed by atoms with van der Waals surface area (Å²) < 4.78 is 17.4. The summed E-state index contributed by atoms with van der Waals surface area (Å²) in [7, 11) is 0. The van der Waals surface area contributed by atoms with Crippen molar-refractivity contribution in [2.75, 3.05) is 19.9 Å². The van der Waals surface area contributed by atoms with E-state index < -0.39 is 0 Å². The van der Waals surface area contributed by atoms with Crippen LogP contribution in [-0.2, 0) is 0 Å². The summed E-state index contributed by atoms with van der Waals surface area (Å²) >= 11 is 0. The number of hydrogen-bond donors (Lipinski definition) is 1. The van der Waals surface area contributed by atoms with Gasteiger partial charge in [-0.25, -0.2) is 0 Å². The van der Waals surface area contributed by atoms with Gasteiger partial charge in [-0.2, -0.15) is 0 Å². The lowest BCUT2D eigenvalue weighted by Gasteiger charge is -2.07. The fourth-order valence-corrected chi connectivity index (χ4v) is 1.32. The Kier molecular flexibility index (Phi) is 6.13. The Hall–Kier alpha value is -1.53. The molecule has 0 spiro atoms. The van der Waals surface area contributed by atoms with Gasteiger partial charge >= 0.3 is 0 Å². The second-order valence-electron chi connectivity index (χ2n) is 3.67. The molecule has 0 saturated carbocycles. The number of aliphatic hydroxyl groups excluding tert-OH is 1. The lowest BCUT2D eigenvalue weighted by molar-refractivity contribution is 0.289. The van der Waals surface area contributed by atoms with Crippen LogP contribution in [0.2, 0.25) is 0 Å². The van der Waals surface area contributed by atoms with E-state index in [2.05, 4.69) is 11.8 Å². The Bertz CT molecular complexity index is 404. The molecule has 0 aliphatic rings. The Labute approximate surface area is 101 Å². The van der Waals surface area contributed by atoms with E-state index in [0.29, 0.717) is 25.2 Å². The highest BCUT2D eigenvalue weighted by atomic mass is 19.1. The summed E-state index contributed by atoms with van der Waals surface area (Å²) in [6.07, 6.45) is 0.829. The smallest absolute Gasteiger partial charge is 0.134 e. The van der Waals surface area contributed by atoms with Crippen LogP contribution in [0.15, 0.2) is 18.2 Å². The van der Waals surface area contributed by atoms with Gasteiger partial charge in [-0.3, -0.25) is 4.39 Å². The molecule has 0 aliphatic heterocycles. The van der Waals surface area contributed by atoms with Crippen molar-refractivity contribution in [2.45, 2.75) is 19.8 Å². The molecule has 0 aromatic heterocycles. The quantitative estimate of drug-likeness (QED) is 0.628. The molecule has 0 fully saturated rings. The van der Waals surface area contributed by atoms with Gasteiger partial charge in [0.15, 0.2) is 0 Å². The third-order valence-electron chi connectivity index (χ3n) is 2.13. The summed E-state index contributed by atoms with van der Waals surface area (Å²) in [6.45, 7) is 2.01. The van der Waals surface area contributed by atoms with Crippen molar-refractivity contribution in [1.29, 1.82) is 0 Å². The average Bonchev–Trinajstić information content (AvgIpc) is 2.32. The van der Waals surface area contributed by atoms with Gasteiger partial charge < -0.3 is 9.84 Å². The van der Waals surface area contributed by atoms with E-state index in [9.17, 15) is 4.39 Å². The number of hydrogen-bond acceptors (Lipinski definition) is 2. The van der Waals surface area contributed by atoms with Crippen LogP contribution in [0.5, 0.6) is 5.75 Å². The summed E-state index contributed by atoms with van der Waals surface area (Å²) in [5.74, 6) is 6.48. The van der Waals surface area contributed by atoms with Crippen molar-refractivity contribution in [3.05, 3.63) is 29.3 Å². The summed E-state index contributed by atoms with van der Waals surface area (Å²) in [6, 6.07) is 5.70. The van der Waals surface area contributed by atoms with E-state index >= 15 is 0 Å². The topological polar surface area (TPSA) is 29.5 Å². The number of alkyl halides is 1. The van der Waals surface area contributed by atoms with Gasteiger partial charge in [0.1, 0.15) is 5.75 Å². The minimum Gasteiger partial charge on any atom is -0.492 e. The molecule has 2 nitrogen and oxygen atoms in total. The Balaban J connectivity index is 2.77. The van der Waals surface area contributed by atoms with Crippen LogP contribution in [0.4, 0.5) is 4.39 Å². The molecule has 3 heteroatoms. The molecule has 0 atom stereocenters. The highest BCUT2D eigenvalue weighted by molar-refractivity contribution is 5.48. The van der Waals surface area contributed by atoms with Crippen molar-refractivity contribution in [3.8, 4) is 17.6 Å². The molecule has 0 aliphatic carbocycles. The summed E-state index contributed by atoms with van der Waals surface area (Å²) in [4.78, 5) is 0. The lowest BCUT2D eigenvalue weighted by atomic mass is 10.1. The van der Waals surface area contributed by atoms with Crippen LogP contribution >= 0.6 is 0 Å². The molecule has 0 radical (unpaired) electrons. The van der Waals surface area contributed by atoms with Crippen molar-refractivity contribution in [2.24, 2.45) is 0 Å². The Morgan fingerprint density at radius 3 is 2.94 bits per heavy atom. The van der Waals surface area contributed by atoms with Gasteiger partial charge in [0.05, 0.1) is 25.5 Å². The summed E-state index contributed by atoms with van der Waals surface area (Å²) in [5, 5.41) is 8.67. The minimum atomic E-state index is -0.378. The third-order valence-corrected chi connectivity index (χ3v) is 2.13. The fraction of sp³-hybridized carbons (Fsp3) is 0.429. The van der Waals surface area contributed by atoms with E-state index in [1.165, 1.54) is 0 Å². The molecule has 92 valence electrons. The second kappa shape index (κ2) is 7.70. The highest BCUT2D eigenvalue weighted by Gasteiger charge is 2.01. The van der Waals surface area contributed by atoms with E-state index in [4.69, 9.17) is 9.84 Å². The highest BCUT2D eigenvalue weighted by Crippen LogP contribution is 2.19. The van der Waals surface area contributed by atoms with Crippen LogP contribution in [0.3, 0.4) is 0 Å². The molecule has 1 aromatic rings. The zero-order valence-electron chi connectivity index (χ0n) is 10.0. The molecule has 1 N–H and O–H groups in total. The number of rotatable bonds is 5. The molecule has 0 unspecified atom stereocenters. The normalized spacial score (nSPS) is 9.59. The third kappa shape index (κ3) is 4.88. The van der Waals surface area contributed by atoms with Crippen molar-refractivity contribution in [3.63, 3.8) is 0 Å². The SMILES string of the molecule is Cc1ccc(OCCCF)c(C#CCCO)c1. The fourth-order valence-electron chi connectivity index (χ4n) is 1.32. The maximum absolute atomic E-state index is 12.0. The van der Waals surface area contributed by atoms with E-state index in [0.717, 1.165) is 11.1 Å². The maximum Gasteiger partial charge on any atom is 0.134 e. The molecule has 1 rings (SSSR count). The summed E-state index contributed by atoms with van der Waals surface area (Å²) in [5.41, 5.74) is 1.88. The van der Waals surface area contributed by atoms with Crippen LogP contribution < -0.4 is 4.74 Å². The van der Waals surface area contributed by atoms with Gasteiger partial charge in [0, 0.05) is 12.8 Å². The molecule has 0 bridgehead atoms. The molecule has 0 saturated heterocycles. The zero-order chi connectivity index (χ0) is 12.5. The minimum absolute atomic E-state index is 0.0524. The average molecular weight is 236 g/mol. The second-order valence-corrected chi connectivity index (χ2v) is 3.67.